The van der Waals surface area contributed by atoms with E-state index in [9.17, 15) is 85.6 Å². The average Bonchev–Trinajstić information content (AvgIpc) is 0.770. The Hall–Kier alpha value is -2.61. The second-order valence-electron chi connectivity index (χ2n) is 32.1. The molecule has 0 aliphatic carbocycles. The van der Waals surface area contributed by atoms with Crippen molar-refractivity contribution in [1.82, 2.24) is 10.6 Å². The highest BCUT2D eigenvalue weighted by Gasteiger charge is 2.56. The van der Waals surface area contributed by atoms with Gasteiger partial charge in [0.15, 0.2) is 25.2 Å². The van der Waals surface area contributed by atoms with E-state index in [4.69, 9.17) is 47.4 Å². The third-order valence-electron chi connectivity index (χ3n) is 22.3. The quantitative estimate of drug-likeness (QED) is 0.0202. The molecule has 0 aromatic heterocycles. The molecule has 0 aromatic rings. The first-order valence-electron chi connectivity index (χ1n) is 44.5. The van der Waals surface area contributed by atoms with Gasteiger partial charge in [0.2, 0.25) is 11.8 Å². The van der Waals surface area contributed by atoms with Gasteiger partial charge in [-0.15, -0.1) is 0 Å². The fourth-order valence-corrected chi connectivity index (χ4v) is 16.0. The minimum absolute atomic E-state index is 0.115. The van der Waals surface area contributed by atoms with Crippen LogP contribution in [0.25, 0.3) is 0 Å². The SMILES string of the molecule is CCCCCCCCCCCCCCCC(=O)NC(CSC[C@@H](COC(=O)CCCCCCCCCCCCCCC)OC(=O)CCCCCCCCCCCCCCC)C(=O)NCCCCCCO[C@H]1O[C@H](CO)[C@@H](O[C@H]2O[C@H](CO)[C@@H](O)[C@H](O)[C@@H]2O)[C@H](O)[C@@H]1O[C@H]1O[C@H](CO)[C@@H](O)[C@H](O)[C@@H]1O[C@H]1O[C@H](CO)[C@@H](O)[C@H](O)[C@@H]1O. The van der Waals surface area contributed by atoms with Crippen LogP contribution in [0.4, 0.5) is 0 Å². The van der Waals surface area contributed by atoms with Crippen LogP contribution in [0, 0.1) is 0 Å². The van der Waals surface area contributed by atoms with Gasteiger partial charge in [-0.25, -0.2) is 0 Å². The average molecular weight is 1660 g/mol. The first kappa shape index (κ1) is 104. The number of thioether (sulfide) groups is 1. The number of rotatable bonds is 69. The van der Waals surface area contributed by atoms with E-state index in [0.29, 0.717) is 44.9 Å². The second-order valence-corrected chi connectivity index (χ2v) is 33.2. The maximum absolute atomic E-state index is 14.2. The van der Waals surface area contributed by atoms with E-state index in [-0.39, 0.29) is 68.4 Å². The molecule has 0 spiro atoms. The molecule has 0 radical (unpaired) electrons. The van der Waals surface area contributed by atoms with E-state index in [1.807, 2.05) is 0 Å². The first-order valence-corrected chi connectivity index (χ1v) is 45.7. The molecule has 22 atom stereocenters. The molecule has 15 N–H and O–H groups in total. The molecule has 30 heteroatoms. The molecule has 4 saturated heterocycles. The topological polar surface area (TPSA) is 448 Å². The smallest absolute Gasteiger partial charge is 0.306 e. The summed E-state index contributed by atoms with van der Waals surface area (Å²) >= 11 is 1.32. The predicted octanol–water partition coefficient (Wildman–Crippen LogP) is 8.07. The first-order chi connectivity index (χ1) is 55.3. The van der Waals surface area contributed by atoms with Crippen molar-refractivity contribution in [2.45, 2.75) is 451 Å². The Morgan fingerprint density at radius 2 is 0.702 bits per heavy atom. The van der Waals surface area contributed by atoms with Gasteiger partial charge in [0, 0.05) is 43.9 Å². The number of carbonyl (C=O) groups is 4. The Balaban J connectivity index is 1.41. The van der Waals surface area contributed by atoms with E-state index in [0.717, 1.165) is 64.2 Å². The van der Waals surface area contributed by atoms with Crippen molar-refractivity contribution in [2.24, 2.45) is 0 Å². The van der Waals surface area contributed by atoms with Gasteiger partial charge >= 0.3 is 11.9 Å². The van der Waals surface area contributed by atoms with Gasteiger partial charge in [-0.1, -0.05) is 265 Å². The van der Waals surface area contributed by atoms with Crippen LogP contribution in [-0.4, -0.2) is 283 Å². The third kappa shape index (κ3) is 41.3. The lowest BCUT2D eigenvalue weighted by molar-refractivity contribution is -0.402. The molecule has 114 heavy (non-hydrogen) atoms. The van der Waals surface area contributed by atoms with Crippen LogP contribution in [0.5, 0.6) is 0 Å². The van der Waals surface area contributed by atoms with Crippen LogP contribution in [0.3, 0.4) is 0 Å². The molecule has 0 saturated carbocycles. The number of hydrogen-bond acceptors (Lipinski definition) is 28. The lowest BCUT2D eigenvalue weighted by Gasteiger charge is -2.49. The van der Waals surface area contributed by atoms with Crippen molar-refractivity contribution in [1.29, 1.82) is 0 Å². The van der Waals surface area contributed by atoms with Crippen molar-refractivity contribution in [3.63, 3.8) is 0 Å². The number of amides is 2. The third-order valence-corrected chi connectivity index (χ3v) is 23.5. The molecule has 4 fully saturated rings. The number of aliphatic hydroxyl groups is 13. The molecule has 2 amide bonds. The van der Waals surface area contributed by atoms with Gasteiger partial charge in [0.1, 0.15) is 116 Å². The van der Waals surface area contributed by atoms with Crippen LogP contribution in [0.1, 0.15) is 316 Å². The number of hydrogen-bond donors (Lipinski definition) is 15. The number of aliphatic hydroxyl groups excluding tert-OH is 13. The standard InChI is InChI=1S/C84H156N2O27S/c1-4-7-10-13-16-19-22-25-28-31-34-37-42-47-65(91)86-60(58-114-57-59(106-67(93)49-44-39-36-33-30-27-24-21-18-15-12-9-6-3)56-105-66(92)48-43-38-35-32-29-26-23-20-17-14-11-8-5-2)80(103)85-50-45-40-41-46-51-104-83-79(76(102)77(64(55-90)110-83)111-81-74(100)71(97)68(94)61(52-87)107-81)113-84-78(73(99)70(96)63(54-89)109-84)112-82-75(101)72(98)69(95)62(53-88)108-82/h59-64,68-79,81-84,87-90,94-102H,4-58H2,1-3H3,(H,85,103)(H,86,91)/t59-,60?,61-,62-,63-,64-,68-,69-,70-,71+,72+,73+,74+,75+,76+,77-,78+,79+,81-,82-,83+,84-/m1/s1. The molecule has 4 heterocycles. The van der Waals surface area contributed by atoms with Gasteiger partial charge < -0.3 is 124 Å². The van der Waals surface area contributed by atoms with Crippen molar-refractivity contribution >= 4 is 35.5 Å². The van der Waals surface area contributed by atoms with Gasteiger partial charge in [-0.2, -0.15) is 11.8 Å². The monoisotopic (exact) mass is 1660 g/mol. The fraction of sp³-hybridized carbons (Fsp3) is 0.952. The zero-order valence-corrected chi connectivity index (χ0v) is 70.3. The van der Waals surface area contributed by atoms with Gasteiger partial charge in [0.05, 0.1) is 26.4 Å². The molecule has 4 aliphatic rings. The maximum atomic E-state index is 14.2. The molecule has 4 aliphatic heterocycles. The summed E-state index contributed by atoms with van der Waals surface area (Å²) in [5, 5.41) is 145. The summed E-state index contributed by atoms with van der Waals surface area (Å²) in [6, 6.07) is -0.958. The molecule has 0 bridgehead atoms. The lowest BCUT2D eigenvalue weighted by Crippen LogP contribution is -2.68. The minimum atomic E-state index is -2.04. The summed E-state index contributed by atoms with van der Waals surface area (Å²) in [4.78, 5) is 54.5. The van der Waals surface area contributed by atoms with Gasteiger partial charge in [-0.3, -0.25) is 19.2 Å². The molecule has 4 rings (SSSR count). The molecular formula is C84H156N2O27S. The summed E-state index contributed by atoms with van der Waals surface area (Å²) in [6.45, 7) is 3.17. The number of unbranched alkanes of at least 4 members (excludes halogenated alkanes) is 39. The van der Waals surface area contributed by atoms with E-state index in [1.54, 1.807) is 0 Å². The van der Waals surface area contributed by atoms with Crippen molar-refractivity contribution in [3.8, 4) is 0 Å². The maximum Gasteiger partial charge on any atom is 0.306 e. The van der Waals surface area contributed by atoms with Crippen LogP contribution < -0.4 is 10.6 Å². The summed E-state index contributed by atoms with van der Waals surface area (Å²) < 4.78 is 59.1. The van der Waals surface area contributed by atoms with Gasteiger partial charge in [-0.05, 0) is 32.1 Å². The Labute approximate surface area is 684 Å². The Morgan fingerprint density at radius 3 is 1.14 bits per heavy atom. The highest BCUT2D eigenvalue weighted by molar-refractivity contribution is 7.99. The molecule has 29 nitrogen and oxygen atoms in total. The number of esters is 2. The normalized spacial score (nSPS) is 28.5. The predicted molar refractivity (Wildman–Crippen MR) is 430 cm³/mol. The van der Waals surface area contributed by atoms with Crippen molar-refractivity contribution in [2.75, 3.05) is 57.7 Å². The van der Waals surface area contributed by atoms with Crippen molar-refractivity contribution in [3.05, 3.63) is 0 Å². The van der Waals surface area contributed by atoms with E-state index in [2.05, 4.69) is 31.4 Å². The minimum Gasteiger partial charge on any atom is -0.462 e. The summed E-state index contributed by atoms with van der Waals surface area (Å²) in [7, 11) is 0. The number of nitrogens with one attached hydrogen (secondary N) is 2. The van der Waals surface area contributed by atoms with Crippen LogP contribution >= 0.6 is 11.8 Å². The summed E-state index contributed by atoms with van der Waals surface area (Å²) in [6.07, 6.45) is 10.8. The Kier molecular flexibility index (Phi) is 58.5. The second kappa shape index (κ2) is 64.2. The van der Waals surface area contributed by atoms with E-state index < -0.39 is 167 Å². The molecular weight excluding hydrogens is 1500 g/mol. The molecule has 670 valence electrons. The highest BCUT2D eigenvalue weighted by Crippen LogP contribution is 2.36. The fourth-order valence-electron chi connectivity index (χ4n) is 15.0. The zero-order chi connectivity index (χ0) is 83.1. The molecule has 1 unspecified atom stereocenters. The number of carbonyl (C=O) groups excluding carboxylic acids is 4. The van der Waals surface area contributed by atoms with E-state index >= 15 is 0 Å². The Morgan fingerprint density at radius 1 is 0.351 bits per heavy atom. The van der Waals surface area contributed by atoms with E-state index in [1.165, 1.54) is 179 Å². The van der Waals surface area contributed by atoms with Crippen LogP contribution in [-0.2, 0) is 66.5 Å². The summed E-state index contributed by atoms with van der Waals surface area (Å²) in [5.74, 6) is -1.06. The van der Waals surface area contributed by atoms with Crippen LogP contribution in [0.2, 0.25) is 0 Å². The summed E-state index contributed by atoms with van der Waals surface area (Å²) in [5.41, 5.74) is 0. The van der Waals surface area contributed by atoms with Crippen LogP contribution in [0.15, 0.2) is 0 Å². The largest absolute Gasteiger partial charge is 0.462 e. The Bertz CT molecular complexity index is 2400. The zero-order valence-electron chi connectivity index (χ0n) is 69.5. The molecule has 0 aromatic carbocycles. The number of ether oxygens (including phenoxy) is 10. The van der Waals surface area contributed by atoms with Gasteiger partial charge in [0.25, 0.3) is 0 Å². The highest BCUT2D eigenvalue weighted by atomic mass is 32.2. The van der Waals surface area contributed by atoms with Crippen molar-refractivity contribution < 1.29 is 133 Å². The lowest BCUT2D eigenvalue weighted by atomic mass is 9.95.